The molecule has 0 saturated carbocycles. The molecular weight excluding hydrogens is 782 g/mol. The Morgan fingerprint density at radius 1 is 0.817 bits per heavy atom. The monoisotopic (exact) mass is 828 g/mol. The first-order valence-electron chi connectivity index (χ1n) is 19.6. The molecule has 2 amide bonds. The van der Waals surface area contributed by atoms with Crippen LogP contribution in [0.1, 0.15) is 70.9 Å². The van der Waals surface area contributed by atoms with E-state index in [1.165, 1.54) is 4.57 Å². The van der Waals surface area contributed by atoms with Crippen LogP contribution in [0.4, 0.5) is 19.0 Å². The largest absolute Gasteiger partial charge is 0.497 e. The number of hydrogen-bond acceptors (Lipinski definition) is 9. The fourth-order valence-electron chi connectivity index (χ4n) is 7.19. The second kappa shape index (κ2) is 19.8. The average molecular weight is 829 g/mol. The summed E-state index contributed by atoms with van der Waals surface area (Å²) in [5.41, 5.74) is 1.36. The van der Waals surface area contributed by atoms with E-state index < -0.39 is 47.7 Å². The lowest BCUT2D eigenvalue weighted by atomic mass is 9.80. The average Bonchev–Trinajstić information content (AvgIpc) is 3.64. The molecule has 15 heteroatoms. The summed E-state index contributed by atoms with van der Waals surface area (Å²) in [4.78, 5) is 42.1. The SMILES string of the molecule is COc1ccc(C(OC[C@H]2O[C@@H](n3cc(CCCCCCNC(=O)C(F)(F)F)c(NC(=O)c4ccccc4)nc3=O)C[C@@H]2O)(c2ccccc2)c2ccc(OC)cc2)cc1. The molecule has 5 aromatic rings. The highest BCUT2D eigenvalue weighted by Crippen LogP contribution is 2.43. The first-order valence-corrected chi connectivity index (χ1v) is 19.6. The van der Waals surface area contributed by atoms with E-state index in [2.05, 4.69) is 10.3 Å². The number of nitrogens with one attached hydrogen (secondary N) is 2. The van der Waals surface area contributed by atoms with E-state index in [0.29, 0.717) is 54.7 Å². The zero-order valence-electron chi connectivity index (χ0n) is 33.2. The van der Waals surface area contributed by atoms with Crippen molar-refractivity contribution in [2.45, 2.75) is 68.7 Å². The van der Waals surface area contributed by atoms with Gasteiger partial charge in [-0.2, -0.15) is 18.2 Å². The van der Waals surface area contributed by atoms with Crippen molar-refractivity contribution < 1.29 is 46.8 Å². The van der Waals surface area contributed by atoms with Crippen LogP contribution >= 0.6 is 0 Å². The van der Waals surface area contributed by atoms with E-state index >= 15 is 0 Å². The third-order valence-corrected chi connectivity index (χ3v) is 10.4. The van der Waals surface area contributed by atoms with Crippen LogP contribution in [-0.4, -0.2) is 72.2 Å². The van der Waals surface area contributed by atoms with Gasteiger partial charge in [0.05, 0.1) is 26.9 Å². The fraction of sp³-hybridized carbons (Fsp3) is 0.333. The van der Waals surface area contributed by atoms with Crippen LogP contribution in [0.3, 0.4) is 0 Å². The predicted molar refractivity (Wildman–Crippen MR) is 217 cm³/mol. The van der Waals surface area contributed by atoms with Crippen LogP contribution in [0.25, 0.3) is 0 Å². The van der Waals surface area contributed by atoms with Gasteiger partial charge < -0.3 is 34.7 Å². The van der Waals surface area contributed by atoms with E-state index in [1.54, 1.807) is 50.7 Å². The molecule has 2 heterocycles. The van der Waals surface area contributed by atoms with Crippen molar-refractivity contribution in [3.63, 3.8) is 0 Å². The Morgan fingerprint density at radius 3 is 1.97 bits per heavy atom. The van der Waals surface area contributed by atoms with Gasteiger partial charge in [0.1, 0.15) is 35.2 Å². The summed E-state index contributed by atoms with van der Waals surface area (Å²) in [6.45, 7) is -0.212. The number of halogens is 3. The van der Waals surface area contributed by atoms with Gasteiger partial charge in [-0.3, -0.25) is 14.2 Å². The lowest BCUT2D eigenvalue weighted by Crippen LogP contribution is -2.38. The van der Waals surface area contributed by atoms with Crippen LogP contribution in [0.5, 0.6) is 11.5 Å². The molecule has 1 fully saturated rings. The second-order valence-corrected chi connectivity index (χ2v) is 14.3. The highest BCUT2D eigenvalue weighted by molar-refractivity contribution is 6.04. The van der Waals surface area contributed by atoms with Gasteiger partial charge in [0.2, 0.25) is 0 Å². The van der Waals surface area contributed by atoms with E-state index in [0.717, 1.165) is 16.7 Å². The summed E-state index contributed by atoms with van der Waals surface area (Å²) in [5, 5.41) is 16.0. The van der Waals surface area contributed by atoms with Crippen molar-refractivity contribution in [2.75, 3.05) is 32.7 Å². The summed E-state index contributed by atoms with van der Waals surface area (Å²) in [6, 6.07) is 33.1. The van der Waals surface area contributed by atoms with Crippen LogP contribution in [0, 0.1) is 0 Å². The topological polar surface area (TPSA) is 150 Å². The molecule has 1 saturated heterocycles. The molecule has 0 bridgehead atoms. The maximum atomic E-state index is 13.6. The van der Waals surface area contributed by atoms with Crippen molar-refractivity contribution >= 4 is 17.6 Å². The Morgan fingerprint density at radius 2 is 1.38 bits per heavy atom. The van der Waals surface area contributed by atoms with E-state index in [4.69, 9.17) is 18.9 Å². The molecule has 316 valence electrons. The number of amides is 2. The van der Waals surface area contributed by atoms with E-state index in [9.17, 15) is 32.7 Å². The number of aryl methyl sites for hydroxylation is 1. The number of aliphatic hydroxyl groups is 1. The molecule has 3 atom stereocenters. The molecule has 1 aliphatic rings. The number of carbonyl (C=O) groups excluding carboxylic acids is 2. The van der Waals surface area contributed by atoms with Gasteiger partial charge in [-0.05, 0) is 72.4 Å². The highest BCUT2D eigenvalue weighted by Gasteiger charge is 2.42. The summed E-state index contributed by atoms with van der Waals surface area (Å²) in [7, 11) is 3.18. The number of nitrogens with zero attached hydrogens (tertiary/aromatic N) is 2. The molecule has 3 N–H and O–H groups in total. The first-order chi connectivity index (χ1) is 28.9. The number of unbranched alkanes of at least 4 members (excludes halogenated alkanes) is 3. The van der Waals surface area contributed by atoms with Crippen LogP contribution in [-0.2, 0) is 26.3 Å². The first kappa shape index (κ1) is 43.5. The molecule has 0 spiro atoms. The normalized spacial score (nSPS) is 16.6. The quantitative estimate of drug-likeness (QED) is 0.0630. The van der Waals surface area contributed by atoms with Crippen molar-refractivity contribution in [2.24, 2.45) is 0 Å². The minimum absolute atomic E-state index is 0.0395. The number of hydrogen-bond donors (Lipinski definition) is 3. The fourth-order valence-corrected chi connectivity index (χ4v) is 7.19. The van der Waals surface area contributed by atoms with E-state index in [1.807, 2.05) is 84.2 Å². The van der Waals surface area contributed by atoms with Gasteiger partial charge in [-0.25, -0.2) is 4.79 Å². The molecule has 0 unspecified atom stereocenters. The van der Waals surface area contributed by atoms with Crippen molar-refractivity contribution in [1.82, 2.24) is 14.9 Å². The third-order valence-electron chi connectivity index (χ3n) is 10.4. The molecular formula is C45H47F3N4O8. The Labute approximate surface area is 345 Å². The Kier molecular flexibility index (Phi) is 14.4. The minimum Gasteiger partial charge on any atom is -0.497 e. The number of ether oxygens (including phenoxy) is 4. The van der Waals surface area contributed by atoms with E-state index in [-0.39, 0.29) is 25.4 Å². The van der Waals surface area contributed by atoms with Gasteiger partial charge in [0.15, 0.2) is 0 Å². The van der Waals surface area contributed by atoms with Crippen molar-refractivity contribution in [1.29, 1.82) is 0 Å². The van der Waals surface area contributed by atoms with Gasteiger partial charge in [-0.1, -0.05) is 85.6 Å². The Balaban J connectivity index is 1.23. The minimum atomic E-state index is -4.94. The molecule has 0 aliphatic carbocycles. The number of anilines is 1. The lowest BCUT2D eigenvalue weighted by Gasteiger charge is -2.37. The summed E-state index contributed by atoms with van der Waals surface area (Å²) in [6.07, 6.45) is -3.88. The maximum Gasteiger partial charge on any atom is 0.471 e. The molecule has 60 heavy (non-hydrogen) atoms. The molecule has 1 aromatic heterocycles. The summed E-state index contributed by atoms with van der Waals surface area (Å²) in [5.74, 6) is -1.07. The lowest BCUT2D eigenvalue weighted by molar-refractivity contribution is -0.173. The maximum absolute atomic E-state index is 13.6. The van der Waals surface area contributed by atoms with Gasteiger partial charge >= 0.3 is 17.8 Å². The summed E-state index contributed by atoms with van der Waals surface area (Å²) >= 11 is 0. The third kappa shape index (κ3) is 10.4. The number of methoxy groups -OCH3 is 2. The number of benzene rings is 4. The molecule has 4 aromatic carbocycles. The second-order valence-electron chi connectivity index (χ2n) is 14.3. The Bertz CT molecular complexity index is 2190. The number of carbonyl (C=O) groups is 2. The van der Waals surface area contributed by atoms with Gasteiger partial charge in [0, 0.05) is 30.3 Å². The zero-order chi connectivity index (χ0) is 42.7. The summed E-state index contributed by atoms with van der Waals surface area (Å²) < 4.78 is 63.1. The number of alkyl halides is 3. The standard InChI is InChI=1S/C45H47F3N4O8/c1-57-35-22-18-33(19-23-35)44(32-16-10-6-11-17-32,34-20-24-36(58-2)25-21-34)59-29-38-37(53)27-39(60-38)52-28-31(15-7-3-4-12-26-49-42(55)45(46,47)48)40(51-43(52)56)50-41(54)30-13-8-5-9-14-30/h5-6,8-11,13-14,16-25,28,37-39,53H,3-4,7,12,15,26-27,29H2,1-2H3,(H,49,55)(H,50,51,54,56)/t37-,38+,39+/m0/s1. The molecule has 12 nitrogen and oxygen atoms in total. The van der Waals surface area contributed by atoms with Crippen molar-refractivity contribution in [3.05, 3.63) is 154 Å². The van der Waals surface area contributed by atoms with Gasteiger partial charge in [0.25, 0.3) is 5.91 Å². The molecule has 6 rings (SSSR count). The van der Waals surface area contributed by atoms with Crippen LogP contribution in [0.2, 0.25) is 0 Å². The number of aliphatic hydroxyl groups excluding tert-OH is 1. The number of rotatable bonds is 18. The number of aromatic nitrogens is 2. The van der Waals surface area contributed by atoms with Crippen LogP contribution in [0.15, 0.2) is 120 Å². The highest BCUT2D eigenvalue weighted by atomic mass is 19.4. The van der Waals surface area contributed by atoms with Crippen molar-refractivity contribution in [3.8, 4) is 11.5 Å². The predicted octanol–water partition coefficient (Wildman–Crippen LogP) is 6.95. The Hall–Kier alpha value is -6.03. The smallest absolute Gasteiger partial charge is 0.471 e. The van der Waals surface area contributed by atoms with Crippen LogP contribution < -0.4 is 25.8 Å². The van der Waals surface area contributed by atoms with Gasteiger partial charge in [-0.15, -0.1) is 0 Å². The molecule has 0 radical (unpaired) electrons. The molecule has 1 aliphatic heterocycles. The zero-order valence-corrected chi connectivity index (χ0v) is 33.2.